The number of aliphatic carboxylic acids is 1. The SMILES string of the molecule is COc1ccnc(N2CCN(C3=Nc4c(csc4F)[C@@H](CC(=O)O)N3c3cc(C(C)(F)F)ccc3OC)CC2)c1. The molecule has 212 valence electrons. The average Bonchev–Trinajstić information content (AvgIpc) is 3.32. The molecular weight excluding hydrogens is 547 g/mol. The monoisotopic (exact) mass is 575 g/mol. The fourth-order valence-corrected chi connectivity index (χ4v) is 5.74. The second-order valence-electron chi connectivity index (χ2n) is 9.51. The van der Waals surface area contributed by atoms with Crippen molar-refractivity contribution < 1.29 is 32.5 Å². The van der Waals surface area contributed by atoms with E-state index in [9.17, 15) is 23.1 Å². The maximum absolute atomic E-state index is 14.9. The first-order chi connectivity index (χ1) is 19.1. The van der Waals surface area contributed by atoms with Crippen molar-refractivity contribution in [3.05, 3.63) is 58.2 Å². The van der Waals surface area contributed by atoms with Gasteiger partial charge in [-0.2, -0.15) is 4.39 Å². The zero-order valence-corrected chi connectivity index (χ0v) is 22.9. The van der Waals surface area contributed by atoms with Crippen LogP contribution < -0.4 is 19.3 Å². The number of rotatable bonds is 7. The Hall–Kier alpha value is -4.00. The van der Waals surface area contributed by atoms with Crippen LogP contribution in [0.15, 0.2) is 46.9 Å². The Labute approximate surface area is 233 Å². The number of benzene rings is 1. The molecule has 9 nitrogen and oxygen atoms in total. The molecule has 0 radical (unpaired) electrons. The van der Waals surface area contributed by atoms with Crippen LogP contribution in [0, 0.1) is 5.13 Å². The van der Waals surface area contributed by atoms with E-state index in [1.807, 2.05) is 11.0 Å². The standard InChI is InChI=1S/C27H28F3N5O4S/c1-27(29,30)16-4-5-21(39-3)20(12-16)35-19(14-23(36)37)18-15-40-25(28)24(18)32-26(35)34-10-8-33(9-11-34)22-13-17(38-2)6-7-31-22/h4-7,12-13,15,19H,8-11,14H2,1-3H3,(H,36,37)/t19-/m1/s1. The van der Waals surface area contributed by atoms with Gasteiger partial charge in [-0.25, -0.2) is 18.8 Å². The number of halogens is 3. The minimum Gasteiger partial charge on any atom is -0.497 e. The highest BCUT2D eigenvalue weighted by Gasteiger charge is 2.40. The molecule has 0 unspecified atom stereocenters. The molecule has 13 heteroatoms. The minimum absolute atomic E-state index is 0.0651. The topological polar surface area (TPSA) is 90.7 Å². The van der Waals surface area contributed by atoms with Gasteiger partial charge >= 0.3 is 5.97 Å². The molecule has 2 aromatic heterocycles. The van der Waals surface area contributed by atoms with E-state index in [0.717, 1.165) is 24.1 Å². The fourth-order valence-electron chi connectivity index (χ4n) is 4.97. The minimum atomic E-state index is -3.16. The summed E-state index contributed by atoms with van der Waals surface area (Å²) in [6, 6.07) is 6.66. The maximum atomic E-state index is 14.9. The predicted octanol–water partition coefficient (Wildman–Crippen LogP) is 5.26. The number of methoxy groups -OCH3 is 2. The molecule has 1 aromatic carbocycles. The first kappa shape index (κ1) is 27.6. The summed E-state index contributed by atoms with van der Waals surface area (Å²) < 4.78 is 54.6. The van der Waals surface area contributed by atoms with Crippen molar-refractivity contribution in [3.63, 3.8) is 0 Å². The number of carboxylic acid groups (broad SMARTS) is 1. The van der Waals surface area contributed by atoms with E-state index in [4.69, 9.17) is 9.47 Å². The highest BCUT2D eigenvalue weighted by Crippen LogP contribution is 2.47. The van der Waals surface area contributed by atoms with E-state index in [0.29, 0.717) is 37.5 Å². The first-order valence-electron chi connectivity index (χ1n) is 12.5. The quantitative estimate of drug-likeness (QED) is 0.408. The molecule has 2 aliphatic heterocycles. The lowest BCUT2D eigenvalue weighted by Crippen LogP contribution is -2.55. The van der Waals surface area contributed by atoms with Gasteiger partial charge < -0.3 is 29.3 Å². The van der Waals surface area contributed by atoms with E-state index < -0.39 is 29.5 Å². The van der Waals surface area contributed by atoms with Gasteiger partial charge in [-0.3, -0.25) is 4.79 Å². The number of hydrogen-bond donors (Lipinski definition) is 1. The van der Waals surface area contributed by atoms with Crippen LogP contribution in [-0.2, 0) is 10.7 Å². The van der Waals surface area contributed by atoms with Gasteiger partial charge in [0.05, 0.1) is 32.4 Å². The number of thiophene rings is 1. The Balaban J connectivity index is 1.58. The Bertz CT molecular complexity index is 1440. The summed E-state index contributed by atoms with van der Waals surface area (Å²) in [7, 11) is 2.99. The van der Waals surface area contributed by atoms with Crippen molar-refractivity contribution in [2.45, 2.75) is 25.3 Å². The van der Waals surface area contributed by atoms with E-state index >= 15 is 0 Å². The van der Waals surface area contributed by atoms with E-state index in [1.54, 1.807) is 24.3 Å². The second-order valence-corrected chi connectivity index (χ2v) is 10.3. The average molecular weight is 576 g/mol. The van der Waals surface area contributed by atoms with Crippen LogP contribution >= 0.6 is 11.3 Å². The number of aromatic nitrogens is 1. The normalized spacial score (nSPS) is 17.4. The van der Waals surface area contributed by atoms with E-state index in [-0.39, 0.29) is 28.6 Å². The van der Waals surface area contributed by atoms with Crippen molar-refractivity contribution in [2.75, 3.05) is 50.2 Å². The molecule has 0 spiro atoms. The number of nitrogens with zero attached hydrogens (tertiary/aromatic N) is 5. The predicted molar refractivity (Wildman–Crippen MR) is 146 cm³/mol. The number of fused-ring (bicyclic) bond motifs is 1. The lowest BCUT2D eigenvalue weighted by molar-refractivity contribution is -0.137. The Morgan fingerprint density at radius 3 is 2.50 bits per heavy atom. The van der Waals surface area contributed by atoms with Crippen molar-refractivity contribution in [1.29, 1.82) is 0 Å². The molecule has 2 aliphatic rings. The first-order valence-corrected chi connectivity index (χ1v) is 13.4. The molecule has 1 saturated heterocycles. The second kappa shape index (κ2) is 10.9. The third-order valence-corrected chi connectivity index (χ3v) is 7.77. The summed E-state index contributed by atoms with van der Waals surface area (Å²) in [5, 5.41) is 10.8. The number of carboxylic acids is 1. The third kappa shape index (κ3) is 5.25. The fraction of sp³-hybridized carbons (Fsp3) is 0.370. The Morgan fingerprint density at radius 1 is 1.12 bits per heavy atom. The molecule has 0 bridgehead atoms. The lowest BCUT2D eigenvalue weighted by Gasteiger charge is -2.44. The number of alkyl halides is 2. The van der Waals surface area contributed by atoms with Gasteiger partial charge in [0.15, 0.2) is 0 Å². The smallest absolute Gasteiger partial charge is 0.305 e. The van der Waals surface area contributed by atoms with Crippen LogP contribution in [0.25, 0.3) is 0 Å². The number of guanidine groups is 1. The third-order valence-electron chi connectivity index (χ3n) is 7.00. The Kier molecular flexibility index (Phi) is 7.49. The highest BCUT2D eigenvalue weighted by atomic mass is 32.1. The Morgan fingerprint density at radius 2 is 1.85 bits per heavy atom. The summed E-state index contributed by atoms with van der Waals surface area (Å²) in [5.74, 6) is -2.36. The number of anilines is 2. The molecule has 4 heterocycles. The summed E-state index contributed by atoms with van der Waals surface area (Å²) in [4.78, 5) is 26.7. The molecule has 0 amide bonds. The molecule has 3 aromatic rings. The van der Waals surface area contributed by atoms with Gasteiger partial charge in [-0.1, -0.05) is 0 Å². The van der Waals surface area contributed by atoms with Crippen LogP contribution in [-0.4, -0.2) is 67.3 Å². The summed E-state index contributed by atoms with van der Waals surface area (Å²) in [5.41, 5.74) is 0.396. The van der Waals surface area contributed by atoms with Crippen LogP contribution in [0.4, 0.5) is 30.4 Å². The number of pyridine rings is 1. The van der Waals surface area contributed by atoms with Crippen LogP contribution in [0.5, 0.6) is 11.5 Å². The molecule has 1 atom stereocenters. The van der Waals surface area contributed by atoms with E-state index in [1.165, 1.54) is 30.7 Å². The van der Waals surface area contributed by atoms with Crippen LogP contribution in [0.2, 0.25) is 0 Å². The number of carbonyl (C=O) groups is 1. The summed E-state index contributed by atoms with van der Waals surface area (Å²) >= 11 is 0.824. The molecule has 1 N–H and O–H groups in total. The lowest BCUT2D eigenvalue weighted by atomic mass is 9.99. The molecular formula is C27H28F3N5O4S. The number of aliphatic imine (C=N–C) groups is 1. The van der Waals surface area contributed by atoms with Gasteiger partial charge in [0, 0.05) is 61.9 Å². The van der Waals surface area contributed by atoms with Crippen molar-refractivity contribution in [1.82, 2.24) is 9.88 Å². The van der Waals surface area contributed by atoms with Crippen molar-refractivity contribution >= 4 is 40.5 Å². The van der Waals surface area contributed by atoms with Crippen molar-refractivity contribution in [2.24, 2.45) is 4.99 Å². The zero-order chi connectivity index (χ0) is 28.6. The molecule has 0 aliphatic carbocycles. The van der Waals surface area contributed by atoms with Gasteiger partial charge in [-0.05, 0) is 24.3 Å². The summed E-state index contributed by atoms with van der Waals surface area (Å²) in [6.07, 6.45) is 1.25. The van der Waals surface area contributed by atoms with Gasteiger partial charge in [-0.15, -0.1) is 11.3 Å². The van der Waals surface area contributed by atoms with Gasteiger partial charge in [0.1, 0.15) is 23.0 Å². The van der Waals surface area contributed by atoms with Crippen LogP contribution in [0.1, 0.15) is 30.5 Å². The molecule has 0 saturated carbocycles. The van der Waals surface area contributed by atoms with E-state index in [2.05, 4.69) is 14.9 Å². The number of ether oxygens (including phenoxy) is 2. The summed E-state index contributed by atoms with van der Waals surface area (Å²) in [6.45, 7) is 2.71. The van der Waals surface area contributed by atoms with Crippen molar-refractivity contribution in [3.8, 4) is 11.5 Å². The molecule has 5 rings (SSSR count). The maximum Gasteiger partial charge on any atom is 0.305 e. The van der Waals surface area contributed by atoms with Gasteiger partial charge in [0.25, 0.3) is 5.92 Å². The largest absolute Gasteiger partial charge is 0.497 e. The zero-order valence-electron chi connectivity index (χ0n) is 22.1. The number of hydrogen-bond acceptors (Lipinski definition) is 9. The number of piperazine rings is 1. The highest BCUT2D eigenvalue weighted by molar-refractivity contribution is 7.08. The molecule has 40 heavy (non-hydrogen) atoms. The van der Waals surface area contributed by atoms with Gasteiger partial charge in [0.2, 0.25) is 11.1 Å². The molecule has 1 fully saturated rings. The van der Waals surface area contributed by atoms with Crippen LogP contribution in [0.3, 0.4) is 0 Å².